The van der Waals surface area contributed by atoms with Crippen molar-refractivity contribution in [1.82, 2.24) is 5.32 Å². The molecule has 6 heteroatoms. The first-order chi connectivity index (χ1) is 13.9. The molecule has 0 aliphatic carbocycles. The van der Waals surface area contributed by atoms with Gasteiger partial charge in [-0.05, 0) is 56.5 Å². The number of anilines is 1. The molecule has 29 heavy (non-hydrogen) atoms. The number of rotatable bonds is 8. The van der Waals surface area contributed by atoms with E-state index in [0.717, 1.165) is 25.0 Å². The lowest BCUT2D eigenvalue weighted by Crippen LogP contribution is -2.47. The van der Waals surface area contributed by atoms with Crippen molar-refractivity contribution in [2.24, 2.45) is 5.41 Å². The number of carbonyl (C=O) groups is 2. The molecule has 1 aliphatic rings. The van der Waals surface area contributed by atoms with E-state index in [1.165, 1.54) is 0 Å². The topological polar surface area (TPSA) is 76.7 Å². The van der Waals surface area contributed by atoms with Crippen LogP contribution in [0.3, 0.4) is 0 Å². The van der Waals surface area contributed by atoms with Crippen molar-refractivity contribution < 1.29 is 19.1 Å². The molecule has 6 nitrogen and oxygen atoms in total. The maximum absolute atomic E-state index is 12.6. The Bertz CT molecular complexity index is 813. The average Bonchev–Trinajstić information content (AvgIpc) is 3.26. The minimum absolute atomic E-state index is 0.0428. The van der Waals surface area contributed by atoms with Crippen LogP contribution in [0.5, 0.6) is 5.75 Å². The van der Waals surface area contributed by atoms with Gasteiger partial charge in [0, 0.05) is 18.8 Å². The maximum Gasteiger partial charge on any atom is 0.239 e. The quantitative estimate of drug-likeness (QED) is 0.670. The third-order valence-corrected chi connectivity index (χ3v) is 5.01. The fourth-order valence-corrected chi connectivity index (χ4v) is 3.00. The van der Waals surface area contributed by atoms with Crippen LogP contribution in [0.15, 0.2) is 54.6 Å². The van der Waals surface area contributed by atoms with Crippen molar-refractivity contribution >= 4 is 17.5 Å². The third-order valence-electron chi connectivity index (χ3n) is 5.01. The van der Waals surface area contributed by atoms with Gasteiger partial charge in [0.15, 0.2) is 0 Å². The summed E-state index contributed by atoms with van der Waals surface area (Å²) in [5.41, 5.74) is 0.504. The van der Waals surface area contributed by atoms with Gasteiger partial charge in [0.2, 0.25) is 11.8 Å². The van der Waals surface area contributed by atoms with Gasteiger partial charge in [-0.3, -0.25) is 9.59 Å². The number of nitrogens with one attached hydrogen (secondary N) is 2. The molecular formula is C23H28N2O4. The number of benzene rings is 2. The highest BCUT2D eigenvalue weighted by molar-refractivity contribution is 6.09. The van der Waals surface area contributed by atoms with Crippen molar-refractivity contribution in [1.29, 1.82) is 0 Å². The summed E-state index contributed by atoms with van der Waals surface area (Å²) in [7, 11) is 0. The molecule has 1 heterocycles. The SMILES string of the molecule is CC(C)(C(=O)NCC1CCCO1)C(=O)Nc1ccc(OCc2ccccc2)cc1. The number of amides is 2. The minimum Gasteiger partial charge on any atom is -0.489 e. The van der Waals surface area contributed by atoms with Gasteiger partial charge in [-0.25, -0.2) is 0 Å². The Hall–Kier alpha value is -2.86. The molecule has 0 spiro atoms. The van der Waals surface area contributed by atoms with Crippen LogP contribution in [0.2, 0.25) is 0 Å². The number of hydrogen-bond donors (Lipinski definition) is 2. The molecular weight excluding hydrogens is 368 g/mol. The molecule has 1 fully saturated rings. The van der Waals surface area contributed by atoms with Gasteiger partial charge in [-0.1, -0.05) is 30.3 Å². The molecule has 1 atom stereocenters. The summed E-state index contributed by atoms with van der Waals surface area (Å²) in [5.74, 6) is 0.0361. The first-order valence-corrected chi connectivity index (χ1v) is 9.93. The molecule has 2 aromatic rings. The zero-order valence-corrected chi connectivity index (χ0v) is 16.9. The molecule has 0 radical (unpaired) electrons. The van der Waals surface area contributed by atoms with Gasteiger partial charge in [0.1, 0.15) is 17.8 Å². The van der Waals surface area contributed by atoms with Crippen molar-refractivity contribution in [3.8, 4) is 5.75 Å². The van der Waals surface area contributed by atoms with Gasteiger partial charge in [-0.15, -0.1) is 0 Å². The van der Waals surface area contributed by atoms with E-state index in [-0.39, 0.29) is 17.9 Å². The van der Waals surface area contributed by atoms with E-state index in [1.807, 2.05) is 30.3 Å². The molecule has 0 bridgehead atoms. The van der Waals surface area contributed by atoms with Crippen LogP contribution in [0.4, 0.5) is 5.69 Å². The average molecular weight is 396 g/mol. The molecule has 2 N–H and O–H groups in total. The smallest absolute Gasteiger partial charge is 0.239 e. The molecule has 3 rings (SSSR count). The van der Waals surface area contributed by atoms with E-state index in [2.05, 4.69) is 10.6 Å². The summed E-state index contributed by atoms with van der Waals surface area (Å²) in [6, 6.07) is 17.0. The van der Waals surface area contributed by atoms with Gasteiger partial charge >= 0.3 is 0 Å². The maximum atomic E-state index is 12.6. The lowest BCUT2D eigenvalue weighted by atomic mass is 9.91. The molecule has 2 amide bonds. The van der Waals surface area contributed by atoms with E-state index in [9.17, 15) is 9.59 Å². The van der Waals surface area contributed by atoms with Crippen LogP contribution < -0.4 is 15.4 Å². The third kappa shape index (κ3) is 5.81. The summed E-state index contributed by atoms with van der Waals surface area (Å²) in [6.07, 6.45) is 1.99. The second kappa shape index (κ2) is 9.56. The van der Waals surface area contributed by atoms with Crippen LogP contribution in [0.25, 0.3) is 0 Å². The normalized spacial score (nSPS) is 16.3. The molecule has 1 aliphatic heterocycles. The first kappa shape index (κ1) is 20.9. The number of ether oxygens (including phenoxy) is 2. The highest BCUT2D eigenvalue weighted by atomic mass is 16.5. The second-order valence-corrected chi connectivity index (χ2v) is 7.72. The molecule has 1 saturated heterocycles. The Morgan fingerprint density at radius 2 is 1.79 bits per heavy atom. The molecule has 0 saturated carbocycles. The molecule has 154 valence electrons. The van der Waals surface area contributed by atoms with Crippen LogP contribution in [-0.4, -0.2) is 31.1 Å². The lowest BCUT2D eigenvalue weighted by Gasteiger charge is -2.23. The van der Waals surface area contributed by atoms with Gasteiger partial charge in [0.05, 0.1) is 6.10 Å². The zero-order chi connectivity index (χ0) is 20.7. The summed E-state index contributed by atoms with van der Waals surface area (Å²) < 4.78 is 11.3. The Kier molecular flexibility index (Phi) is 6.88. The van der Waals surface area contributed by atoms with Gasteiger partial charge in [-0.2, -0.15) is 0 Å². The van der Waals surface area contributed by atoms with Crippen molar-refractivity contribution in [2.45, 2.75) is 39.4 Å². The van der Waals surface area contributed by atoms with Crippen LogP contribution in [0, 0.1) is 5.41 Å². The predicted molar refractivity (Wildman–Crippen MR) is 112 cm³/mol. The van der Waals surface area contributed by atoms with E-state index < -0.39 is 5.41 Å². The molecule has 2 aromatic carbocycles. The van der Waals surface area contributed by atoms with E-state index >= 15 is 0 Å². The van der Waals surface area contributed by atoms with E-state index in [0.29, 0.717) is 24.6 Å². The summed E-state index contributed by atoms with van der Waals surface area (Å²) in [6.45, 7) is 4.87. The van der Waals surface area contributed by atoms with Crippen LogP contribution in [-0.2, 0) is 20.9 Å². The van der Waals surface area contributed by atoms with Crippen molar-refractivity contribution in [3.05, 3.63) is 60.2 Å². The van der Waals surface area contributed by atoms with E-state index in [4.69, 9.17) is 9.47 Å². The molecule has 0 aromatic heterocycles. The summed E-state index contributed by atoms with van der Waals surface area (Å²) in [4.78, 5) is 25.1. The Labute approximate surface area is 171 Å². The fourth-order valence-electron chi connectivity index (χ4n) is 3.00. The highest BCUT2D eigenvalue weighted by Gasteiger charge is 2.36. The minimum atomic E-state index is -1.19. The first-order valence-electron chi connectivity index (χ1n) is 9.93. The van der Waals surface area contributed by atoms with Crippen LogP contribution >= 0.6 is 0 Å². The van der Waals surface area contributed by atoms with Gasteiger partial charge in [0.25, 0.3) is 0 Å². The Balaban J connectivity index is 1.50. The monoisotopic (exact) mass is 396 g/mol. The Morgan fingerprint density at radius 3 is 2.45 bits per heavy atom. The van der Waals surface area contributed by atoms with E-state index in [1.54, 1.807) is 38.1 Å². The van der Waals surface area contributed by atoms with Crippen molar-refractivity contribution in [2.75, 3.05) is 18.5 Å². The second-order valence-electron chi connectivity index (χ2n) is 7.72. The fraction of sp³-hybridized carbons (Fsp3) is 0.391. The standard InChI is InChI=1S/C23H28N2O4/c1-23(2,21(26)24-15-20-9-6-14-28-20)22(27)25-18-10-12-19(13-11-18)29-16-17-7-4-3-5-8-17/h3-5,7-8,10-13,20H,6,9,14-16H2,1-2H3,(H,24,26)(H,25,27). The lowest BCUT2D eigenvalue weighted by molar-refractivity contribution is -0.138. The predicted octanol–water partition coefficient (Wildman–Crippen LogP) is 3.53. The summed E-state index contributed by atoms with van der Waals surface area (Å²) in [5, 5.41) is 5.63. The highest BCUT2D eigenvalue weighted by Crippen LogP contribution is 2.22. The number of carbonyl (C=O) groups excluding carboxylic acids is 2. The molecule has 1 unspecified atom stereocenters. The zero-order valence-electron chi connectivity index (χ0n) is 16.9. The Morgan fingerprint density at radius 1 is 1.07 bits per heavy atom. The van der Waals surface area contributed by atoms with Crippen LogP contribution in [0.1, 0.15) is 32.3 Å². The van der Waals surface area contributed by atoms with Gasteiger partial charge < -0.3 is 20.1 Å². The number of hydrogen-bond acceptors (Lipinski definition) is 4. The summed E-state index contributed by atoms with van der Waals surface area (Å²) >= 11 is 0. The largest absolute Gasteiger partial charge is 0.489 e. The van der Waals surface area contributed by atoms with Crippen molar-refractivity contribution in [3.63, 3.8) is 0 Å².